The first kappa shape index (κ1) is 29.7. The molecule has 1 aliphatic carbocycles. The first-order chi connectivity index (χ1) is 22.9. The monoisotopic (exact) mass is 622 g/mol. The van der Waals surface area contributed by atoms with Crippen LogP contribution in [0.2, 0.25) is 0 Å². The van der Waals surface area contributed by atoms with Crippen LogP contribution in [0.3, 0.4) is 0 Å². The topological polar surface area (TPSA) is 69.7 Å². The highest BCUT2D eigenvalue weighted by Crippen LogP contribution is 2.39. The van der Waals surface area contributed by atoms with Gasteiger partial charge in [-0.3, -0.25) is 4.79 Å². The lowest BCUT2D eigenvalue weighted by atomic mass is 9.99. The number of amides is 1. The quantitative estimate of drug-likeness (QED) is 0.183. The van der Waals surface area contributed by atoms with Crippen LogP contribution in [0.25, 0.3) is 22.6 Å². The lowest BCUT2D eigenvalue weighted by Gasteiger charge is -2.14. The van der Waals surface area contributed by atoms with Gasteiger partial charge in [0.15, 0.2) is 23.1 Å². The molecule has 47 heavy (non-hydrogen) atoms. The predicted octanol–water partition coefficient (Wildman–Crippen LogP) is 10.0. The number of allylic oxidation sites excluding steroid dienone is 1. The van der Waals surface area contributed by atoms with Crippen molar-refractivity contribution in [1.29, 1.82) is 0 Å². The molecule has 7 heteroatoms. The second-order valence-corrected chi connectivity index (χ2v) is 11.3. The van der Waals surface area contributed by atoms with Gasteiger partial charge in [-0.05, 0) is 103 Å². The molecule has 0 saturated carbocycles. The van der Waals surface area contributed by atoms with E-state index in [9.17, 15) is 4.79 Å². The molecule has 5 aromatic carbocycles. The number of hydrogen-bond acceptors (Lipinski definition) is 5. The van der Waals surface area contributed by atoms with E-state index in [4.69, 9.17) is 19.2 Å². The number of aryl methyl sites for hydroxylation is 1. The number of benzene rings is 5. The number of nitrogens with one attached hydrogen (secondary N) is 1. The molecule has 0 aliphatic heterocycles. The average Bonchev–Trinajstić information content (AvgIpc) is 3.47. The van der Waals surface area contributed by atoms with Gasteiger partial charge < -0.3 is 19.5 Å². The normalized spacial score (nSPS) is 13.0. The lowest BCUT2D eigenvalue weighted by Crippen LogP contribution is -2.16. The molecule has 0 unspecified atom stereocenters. The van der Waals surface area contributed by atoms with Crippen LogP contribution in [-0.4, -0.2) is 18.0 Å². The van der Waals surface area contributed by atoms with Gasteiger partial charge in [0, 0.05) is 17.1 Å². The summed E-state index contributed by atoms with van der Waals surface area (Å²) in [5.41, 5.74) is 6.25. The maximum Gasteiger partial charge on any atom is 0.256 e. The number of halogens is 1. The van der Waals surface area contributed by atoms with E-state index in [0.717, 1.165) is 51.3 Å². The number of para-hydroxylation sites is 2. The largest absolute Gasteiger partial charge is 0.493 e. The van der Waals surface area contributed by atoms with Gasteiger partial charge >= 0.3 is 0 Å². The van der Waals surface area contributed by atoms with Crippen molar-refractivity contribution >= 4 is 34.1 Å². The lowest BCUT2D eigenvalue weighted by molar-refractivity contribution is 0.102. The van der Waals surface area contributed by atoms with Gasteiger partial charge in [-0.1, -0.05) is 54.6 Å². The van der Waals surface area contributed by atoms with Crippen molar-refractivity contribution in [3.05, 3.63) is 149 Å². The number of pyridine rings is 1. The van der Waals surface area contributed by atoms with Gasteiger partial charge in [-0.25, -0.2) is 9.37 Å². The number of anilines is 1. The summed E-state index contributed by atoms with van der Waals surface area (Å²) in [6.07, 6.45) is 3.48. The third-order valence-corrected chi connectivity index (χ3v) is 8.08. The maximum atomic E-state index is 15.2. The zero-order chi connectivity index (χ0) is 32.3. The molecule has 0 fully saturated rings. The summed E-state index contributed by atoms with van der Waals surface area (Å²) in [6.45, 7) is 1.93. The van der Waals surface area contributed by atoms with Crippen LogP contribution in [0.15, 0.2) is 115 Å². The SMILES string of the molecule is COc1cc(C)ccc1Oc1ccc(NC(=O)c2c3c(nc4ccccc24)/C(=C/c2cccc(Oc4ccccc4)c2)CC3)cc1F. The Hall–Kier alpha value is -5.95. The zero-order valence-electron chi connectivity index (χ0n) is 25.9. The Labute approximate surface area is 272 Å². The summed E-state index contributed by atoms with van der Waals surface area (Å²) in [7, 11) is 1.54. The Morgan fingerprint density at radius 1 is 0.787 bits per heavy atom. The van der Waals surface area contributed by atoms with Crippen LogP contribution in [0.4, 0.5) is 10.1 Å². The fraction of sp³-hybridized carbons (Fsp3) is 0.100. The van der Waals surface area contributed by atoms with Crippen molar-refractivity contribution in [3.8, 4) is 28.7 Å². The number of carbonyl (C=O) groups excluding carboxylic acids is 1. The van der Waals surface area contributed by atoms with Crippen LogP contribution >= 0.6 is 0 Å². The van der Waals surface area contributed by atoms with E-state index in [2.05, 4.69) is 11.4 Å². The molecule has 1 aliphatic rings. The fourth-order valence-corrected chi connectivity index (χ4v) is 5.86. The van der Waals surface area contributed by atoms with E-state index in [-0.39, 0.29) is 11.7 Å². The fourth-order valence-electron chi connectivity index (χ4n) is 5.86. The molecule has 6 aromatic rings. The summed E-state index contributed by atoms with van der Waals surface area (Å²) in [5, 5.41) is 3.66. The Balaban J connectivity index is 1.17. The zero-order valence-corrected chi connectivity index (χ0v) is 25.9. The van der Waals surface area contributed by atoms with Gasteiger partial charge in [-0.2, -0.15) is 0 Å². The van der Waals surface area contributed by atoms with Crippen molar-refractivity contribution in [2.75, 3.05) is 12.4 Å². The van der Waals surface area contributed by atoms with E-state index in [1.807, 2.05) is 97.9 Å². The summed E-state index contributed by atoms with van der Waals surface area (Å²) in [6, 6.07) is 34.9. The van der Waals surface area contributed by atoms with Crippen molar-refractivity contribution in [1.82, 2.24) is 4.98 Å². The van der Waals surface area contributed by atoms with Gasteiger partial charge in [0.25, 0.3) is 5.91 Å². The number of fused-ring (bicyclic) bond motifs is 2. The van der Waals surface area contributed by atoms with Crippen molar-refractivity contribution in [3.63, 3.8) is 0 Å². The first-order valence-electron chi connectivity index (χ1n) is 15.3. The summed E-state index contributed by atoms with van der Waals surface area (Å²) in [5.74, 6) is 1.48. The second-order valence-electron chi connectivity index (χ2n) is 11.3. The standard InChI is InChI=1S/C40H31FN2O4/c1-25-15-19-36(37(21-25)45-2)47-35-20-17-28(24-33(35)41)42-40(44)38-31-13-6-7-14-34(31)43-39-27(16-18-32(38)39)22-26-9-8-12-30(23-26)46-29-10-4-3-5-11-29/h3-15,17,19-24H,16,18H2,1-2H3,(H,42,44)/b27-22+. The molecule has 0 atom stereocenters. The van der Waals surface area contributed by atoms with E-state index < -0.39 is 5.82 Å². The molecular formula is C40H31FN2O4. The molecular weight excluding hydrogens is 591 g/mol. The van der Waals surface area contributed by atoms with E-state index >= 15 is 4.39 Å². The first-order valence-corrected chi connectivity index (χ1v) is 15.3. The van der Waals surface area contributed by atoms with Gasteiger partial charge in [0.1, 0.15) is 11.5 Å². The van der Waals surface area contributed by atoms with Gasteiger partial charge in [-0.15, -0.1) is 0 Å². The van der Waals surface area contributed by atoms with E-state index in [1.54, 1.807) is 12.1 Å². The molecule has 0 bridgehead atoms. The summed E-state index contributed by atoms with van der Waals surface area (Å²) < 4.78 is 32.5. The maximum absolute atomic E-state index is 15.2. The van der Waals surface area contributed by atoms with Crippen LogP contribution in [0.5, 0.6) is 28.7 Å². The summed E-state index contributed by atoms with van der Waals surface area (Å²) in [4.78, 5) is 18.9. The van der Waals surface area contributed by atoms with Crippen molar-refractivity contribution < 1.29 is 23.4 Å². The number of methoxy groups -OCH3 is 1. The Morgan fingerprint density at radius 3 is 2.40 bits per heavy atom. The molecule has 1 heterocycles. The van der Waals surface area contributed by atoms with Gasteiger partial charge in [0.2, 0.25) is 0 Å². The summed E-state index contributed by atoms with van der Waals surface area (Å²) >= 11 is 0. The third kappa shape index (κ3) is 6.29. The minimum Gasteiger partial charge on any atom is -0.493 e. The number of nitrogens with zero attached hydrogens (tertiary/aromatic N) is 1. The highest BCUT2D eigenvalue weighted by atomic mass is 19.1. The highest BCUT2D eigenvalue weighted by molar-refractivity contribution is 6.14. The smallest absolute Gasteiger partial charge is 0.256 e. The molecule has 232 valence electrons. The molecule has 1 N–H and O–H groups in total. The number of hydrogen-bond donors (Lipinski definition) is 1. The molecule has 0 spiro atoms. The number of ether oxygens (including phenoxy) is 3. The van der Waals surface area contributed by atoms with E-state index in [0.29, 0.717) is 34.7 Å². The minimum absolute atomic E-state index is 0.0217. The molecule has 6 nitrogen and oxygen atoms in total. The highest BCUT2D eigenvalue weighted by Gasteiger charge is 2.27. The minimum atomic E-state index is -0.612. The molecule has 1 aromatic heterocycles. The Morgan fingerprint density at radius 2 is 1.57 bits per heavy atom. The Bertz CT molecular complexity index is 2160. The number of carbonyl (C=O) groups is 1. The molecule has 7 rings (SSSR count). The predicted molar refractivity (Wildman–Crippen MR) is 183 cm³/mol. The molecule has 0 radical (unpaired) electrons. The second kappa shape index (κ2) is 12.8. The van der Waals surface area contributed by atoms with E-state index in [1.165, 1.54) is 19.2 Å². The molecule has 1 amide bonds. The van der Waals surface area contributed by atoms with Crippen molar-refractivity contribution in [2.45, 2.75) is 19.8 Å². The van der Waals surface area contributed by atoms with Crippen molar-refractivity contribution in [2.24, 2.45) is 0 Å². The number of aromatic nitrogens is 1. The molecule has 0 saturated heterocycles. The van der Waals surface area contributed by atoms with Gasteiger partial charge in [0.05, 0.1) is 23.9 Å². The van der Waals surface area contributed by atoms with Crippen LogP contribution in [0, 0.1) is 12.7 Å². The third-order valence-electron chi connectivity index (χ3n) is 8.08. The van der Waals surface area contributed by atoms with Crippen LogP contribution < -0.4 is 19.5 Å². The van der Waals surface area contributed by atoms with Crippen LogP contribution in [0.1, 0.15) is 39.2 Å². The number of rotatable bonds is 8. The van der Waals surface area contributed by atoms with Crippen LogP contribution in [-0.2, 0) is 6.42 Å². The average molecular weight is 623 g/mol. The Kier molecular flexibility index (Phi) is 8.11.